The lowest BCUT2D eigenvalue weighted by Crippen LogP contribution is -2.38. The highest BCUT2D eigenvalue weighted by molar-refractivity contribution is 8.00. The zero-order valence-electron chi connectivity index (χ0n) is 14.1. The molecule has 5 nitrogen and oxygen atoms in total. The molecule has 0 aliphatic carbocycles. The highest BCUT2D eigenvalue weighted by Gasteiger charge is 2.24. The average molecular weight is 363 g/mol. The SMILES string of the molecule is Cc1cc(S[C@H](NC(=O)c2ccccc2)C(=O)c2ccccc2)ncn1. The van der Waals surface area contributed by atoms with Gasteiger partial charge in [-0.3, -0.25) is 9.59 Å². The monoisotopic (exact) mass is 363 g/mol. The molecule has 0 bridgehead atoms. The highest BCUT2D eigenvalue weighted by atomic mass is 32.2. The first kappa shape index (κ1) is 17.8. The van der Waals surface area contributed by atoms with Crippen LogP contribution in [0.3, 0.4) is 0 Å². The minimum absolute atomic E-state index is 0.184. The average Bonchev–Trinajstić information content (AvgIpc) is 2.68. The number of amides is 1. The van der Waals surface area contributed by atoms with Crippen LogP contribution in [-0.4, -0.2) is 27.0 Å². The molecule has 1 amide bonds. The van der Waals surface area contributed by atoms with Gasteiger partial charge in [-0.1, -0.05) is 60.3 Å². The molecule has 3 aromatic rings. The van der Waals surface area contributed by atoms with E-state index < -0.39 is 5.37 Å². The van der Waals surface area contributed by atoms with Gasteiger partial charge >= 0.3 is 0 Å². The fourth-order valence-electron chi connectivity index (χ4n) is 2.31. The summed E-state index contributed by atoms with van der Waals surface area (Å²) in [7, 11) is 0. The maximum atomic E-state index is 12.9. The molecule has 0 spiro atoms. The lowest BCUT2D eigenvalue weighted by atomic mass is 10.1. The molecular formula is C20H17N3O2S. The molecule has 0 saturated carbocycles. The first-order chi connectivity index (χ1) is 12.6. The van der Waals surface area contributed by atoms with E-state index in [-0.39, 0.29) is 11.7 Å². The summed E-state index contributed by atoms with van der Waals surface area (Å²) >= 11 is 1.20. The number of rotatable bonds is 6. The number of ketones is 1. The number of aromatic nitrogens is 2. The van der Waals surface area contributed by atoms with Crippen molar-refractivity contribution in [1.29, 1.82) is 0 Å². The first-order valence-electron chi connectivity index (χ1n) is 8.04. The van der Waals surface area contributed by atoms with E-state index in [0.29, 0.717) is 16.2 Å². The van der Waals surface area contributed by atoms with E-state index in [9.17, 15) is 9.59 Å². The molecule has 0 radical (unpaired) electrons. The molecule has 1 N–H and O–H groups in total. The van der Waals surface area contributed by atoms with Gasteiger partial charge in [-0.2, -0.15) is 0 Å². The number of benzene rings is 2. The Labute approximate surface area is 155 Å². The fraction of sp³-hybridized carbons (Fsp3) is 0.100. The van der Waals surface area contributed by atoms with Crippen LogP contribution in [-0.2, 0) is 0 Å². The van der Waals surface area contributed by atoms with Crippen LogP contribution in [0.5, 0.6) is 0 Å². The third-order valence-electron chi connectivity index (χ3n) is 3.61. The molecule has 0 aliphatic rings. The van der Waals surface area contributed by atoms with Gasteiger partial charge in [0.15, 0.2) is 5.78 Å². The van der Waals surface area contributed by atoms with Gasteiger partial charge in [-0.05, 0) is 25.1 Å². The Kier molecular flexibility index (Phi) is 5.76. The number of thioether (sulfide) groups is 1. The van der Waals surface area contributed by atoms with Crippen LogP contribution in [0, 0.1) is 6.92 Å². The minimum atomic E-state index is -0.792. The van der Waals surface area contributed by atoms with Gasteiger partial charge in [0.2, 0.25) is 0 Å². The maximum absolute atomic E-state index is 12.9. The number of nitrogens with one attached hydrogen (secondary N) is 1. The molecule has 1 heterocycles. The molecule has 6 heteroatoms. The lowest BCUT2D eigenvalue weighted by molar-refractivity contribution is 0.0892. The number of nitrogens with zero attached hydrogens (tertiary/aromatic N) is 2. The van der Waals surface area contributed by atoms with E-state index >= 15 is 0 Å². The third kappa shape index (κ3) is 4.55. The summed E-state index contributed by atoms with van der Waals surface area (Å²) in [6.45, 7) is 1.85. The summed E-state index contributed by atoms with van der Waals surface area (Å²) in [5.41, 5.74) is 1.82. The molecule has 3 rings (SSSR count). The summed E-state index contributed by atoms with van der Waals surface area (Å²) in [4.78, 5) is 33.7. The minimum Gasteiger partial charge on any atom is -0.333 e. The first-order valence-corrected chi connectivity index (χ1v) is 8.92. The van der Waals surface area contributed by atoms with Crippen LogP contribution in [0.1, 0.15) is 26.4 Å². The molecule has 0 saturated heterocycles. The van der Waals surface area contributed by atoms with E-state index in [1.807, 2.05) is 19.1 Å². The van der Waals surface area contributed by atoms with Crippen LogP contribution in [0.4, 0.5) is 0 Å². The highest BCUT2D eigenvalue weighted by Crippen LogP contribution is 2.23. The Morgan fingerprint density at radius 2 is 1.54 bits per heavy atom. The summed E-state index contributed by atoms with van der Waals surface area (Å²) in [5.74, 6) is -0.491. The van der Waals surface area contributed by atoms with Crippen molar-refractivity contribution >= 4 is 23.5 Å². The number of hydrogen-bond acceptors (Lipinski definition) is 5. The van der Waals surface area contributed by atoms with Gasteiger partial charge in [0.05, 0.1) is 0 Å². The van der Waals surface area contributed by atoms with Crippen molar-refractivity contribution in [3.05, 3.63) is 89.9 Å². The molecular weight excluding hydrogens is 346 g/mol. The van der Waals surface area contributed by atoms with Crippen LogP contribution in [0.2, 0.25) is 0 Å². The maximum Gasteiger partial charge on any atom is 0.252 e. The van der Waals surface area contributed by atoms with Gasteiger partial charge in [-0.25, -0.2) is 9.97 Å². The van der Waals surface area contributed by atoms with Crippen molar-refractivity contribution in [1.82, 2.24) is 15.3 Å². The normalized spacial score (nSPS) is 11.6. The van der Waals surface area contributed by atoms with Crippen molar-refractivity contribution in [2.45, 2.75) is 17.3 Å². The van der Waals surface area contributed by atoms with Gasteiger partial charge < -0.3 is 5.32 Å². The van der Waals surface area contributed by atoms with Crippen LogP contribution in [0.25, 0.3) is 0 Å². The van der Waals surface area contributed by atoms with Crippen LogP contribution >= 0.6 is 11.8 Å². The van der Waals surface area contributed by atoms with Crippen LogP contribution < -0.4 is 5.32 Å². The number of carbonyl (C=O) groups excluding carboxylic acids is 2. The molecule has 26 heavy (non-hydrogen) atoms. The number of Topliss-reactive ketones (excluding diaryl/α,β-unsaturated/α-hetero) is 1. The molecule has 2 aromatic carbocycles. The molecule has 0 unspecified atom stereocenters. The van der Waals surface area contributed by atoms with Gasteiger partial charge in [0.25, 0.3) is 5.91 Å². The van der Waals surface area contributed by atoms with Crippen molar-refractivity contribution in [2.75, 3.05) is 0 Å². The molecule has 130 valence electrons. The summed E-state index contributed by atoms with van der Waals surface area (Å²) in [5, 5.41) is 2.65. The number of hydrogen-bond donors (Lipinski definition) is 1. The second-order valence-electron chi connectivity index (χ2n) is 5.57. The molecule has 1 atom stereocenters. The quantitative estimate of drug-likeness (QED) is 0.314. The third-order valence-corrected chi connectivity index (χ3v) is 4.64. The fourth-order valence-corrected chi connectivity index (χ4v) is 3.31. The largest absolute Gasteiger partial charge is 0.333 e. The van der Waals surface area contributed by atoms with Crippen molar-refractivity contribution < 1.29 is 9.59 Å². The van der Waals surface area contributed by atoms with Gasteiger partial charge in [0.1, 0.15) is 16.7 Å². The number of carbonyl (C=O) groups is 2. The van der Waals surface area contributed by atoms with Gasteiger partial charge in [0, 0.05) is 16.8 Å². The Morgan fingerprint density at radius 1 is 0.923 bits per heavy atom. The summed E-state index contributed by atoms with van der Waals surface area (Å²) in [6, 6.07) is 19.5. The molecule has 0 aliphatic heterocycles. The van der Waals surface area contributed by atoms with E-state index in [4.69, 9.17) is 0 Å². The standard InChI is InChI=1S/C20H17N3O2S/c1-14-12-17(22-13-21-14)26-20(18(24)15-8-4-2-5-9-15)23-19(25)16-10-6-3-7-11-16/h2-13,20H,1H3,(H,23,25)/t20-/m0/s1. The topological polar surface area (TPSA) is 72.0 Å². The predicted molar refractivity (Wildman–Crippen MR) is 101 cm³/mol. The predicted octanol–water partition coefficient (Wildman–Crippen LogP) is 3.52. The van der Waals surface area contributed by atoms with Crippen molar-refractivity contribution in [3.8, 4) is 0 Å². The van der Waals surface area contributed by atoms with Gasteiger partial charge in [-0.15, -0.1) is 0 Å². The Bertz CT molecular complexity index is 901. The van der Waals surface area contributed by atoms with E-state index in [2.05, 4.69) is 15.3 Å². The second kappa shape index (κ2) is 8.40. The van der Waals surface area contributed by atoms with Crippen molar-refractivity contribution in [3.63, 3.8) is 0 Å². The zero-order valence-corrected chi connectivity index (χ0v) is 14.9. The van der Waals surface area contributed by atoms with E-state index in [1.165, 1.54) is 18.1 Å². The van der Waals surface area contributed by atoms with E-state index in [0.717, 1.165) is 5.69 Å². The molecule has 0 fully saturated rings. The summed E-state index contributed by atoms with van der Waals surface area (Å²) in [6.07, 6.45) is 1.45. The lowest BCUT2D eigenvalue weighted by Gasteiger charge is -2.17. The van der Waals surface area contributed by atoms with Crippen LogP contribution in [0.15, 0.2) is 78.1 Å². The summed E-state index contributed by atoms with van der Waals surface area (Å²) < 4.78 is 0. The number of aryl methyl sites for hydroxylation is 1. The molecule has 1 aromatic heterocycles. The smallest absolute Gasteiger partial charge is 0.252 e. The second-order valence-corrected chi connectivity index (χ2v) is 6.69. The zero-order chi connectivity index (χ0) is 18.4. The Morgan fingerprint density at radius 3 is 2.15 bits per heavy atom. The van der Waals surface area contributed by atoms with E-state index in [1.54, 1.807) is 54.6 Å². The Hall–Kier alpha value is -2.99. The van der Waals surface area contributed by atoms with Crippen molar-refractivity contribution in [2.24, 2.45) is 0 Å². The Balaban J connectivity index is 1.85.